The number of likely N-dealkylation sites (N-methyl/N-ethyl adjacent to an activating group) is 1. The van der Waals surface area contributed by atoms with Crippen molar-refractivity contribution in [2.45, 2.75) is 80.4 Å². The van der Waals surface area contributed by atoms with E-state index in [0.29, 0.717) is 74.9 Å². The van der Waals surface area contributed by atoms with Gasteiger partial charge >= 0.3 is 5.91 Å². The number of ether oxygens (including phenoxy) is 3. The highest BCUT2D eigenvalue weighted by Crippen LogP contribution is 2.43. The Morgan fingerprint density at radius 2 is 1.86 bits per heavy atom. The van der Waals surface area contributed by atoms with Gasteiger partial charge in [-0.1, -0.05) is 13.0 Å². The summed E-state index contributed by atoms with van der Waals surface area (Å²) in [7, 11) is 3.42. The van der Waals surface area contributed by atoms with Crippen molar-refractivity contribution in [1.82, 2.24) is 19.4 Å². The summed E-state index contributed by atoms with van der Waals surface area (Å²) in [5.74, 6) is -1.63. The number of amides is 4. The molecule has 4 atom stereocenters. The van der Waals surface area contributed by atoms with Crippen LogP contribution in [0.25, 0.3) is 0 Å². The molecular weight excluding hydrogens is 883 g/mol. The molecule has 5 aliphatic rings. The van der Waals surface area contributed by atoms with Gasteiger partial charge in [-0.05, 0) is 92.7 Å². The number of halogens is 2. The van der Waals surface area contributed by atoms with Crippen LogP contribution in [0.2, 0.25) is 0 Å². The van der Waals surface area contributed by atoms with Crippen molar-refractivity contribution < 1.29 is 50.4 Å². The SMILES string of the molecule is CCN(C)S(=O)Nc1ccc(F)c(Oc2ccc3c(c2)C(=O)[N+](C)(C2COC4(CCN(C(=O)CN5CCC(c6ccc(OC7CCC(=O)NC7=O)cc6SF)CC5)CC4)C2)C=N3)c1C#N. The van der Waals surface area contributed by atoms with Crippen molar-refractivity contribution in [2.24, 2.45) is 4.99 Å². The standard InChI is InChI=1S/C45H50F2N8O8S2/c1-4-52(2)65(60)51-37-10-8-35(46)42(34(37)24-48)63-30-6-9-36-33(21-30)44(59)55(3,27-49-36)29-23-45(61-26-29)15-19-54(20-16-45)41(57)25-53-17-13-28(14-18-53)32-7-5-31(22-39(32)64-47)62-38-11-12-40(56)50-43(38)58/h5-10,21-22,27-29,38,51H,4,11-20,23,25-26H2,1-3H3/p+1. The summed E-state index contributed by atoms with van der Waals surface area (Å²) in [5.41, 5.74) is 1.00. The number of nitriles is 1. The normalized spacial score (nSPS) is 23.8. The summed E-state index contributed by atoms with van der Waals surface area (Å²) in [5, 5.41) is 12.2. The Morgan fingerprint density at radius 1 is 1.11 bits per heavy atom. The van der Waals surface area contributed by atoms with Crippen LogP contribution in [0.5, 0.6) is 17.2 Å². The largest absolute Gasteiger partial charge is 0.481 e. The number of benzene rings is 3. The van der Waals surface area contributed by atoms with Crippen LogP contribution in [-0.2, 0) is 30.3 Å². The third-order valence-electron chi connectivity index (χ3n) is 13.3. The first kappa shape index (κ1) is 46.2. The number of anilines is 1. The molecule has 4 amide bonds. The Balaban J connectivity index is 0.837. The second-order valence-electron chi connectivity index (χ2n) is 17.3. The van der Waals surface area contributed by atoms with Crippen LogP contribution in [-0.4, -0.2) is 130 Å². The maximum absolute atomic E-state index is 15.2. The summed E-state index contributed by atoms with van der Waals surface area (Å²) in [4.78, 5) is 60.6. The molecule has 3 aromatic rings. The van der Waals surface area contributed by atoms with Gasteiger partial charge in [-0.3, -0.25) is 29.3 Å². The third kappa shape index (κ3) is 9.67. The molecular formula is C45H51F2N8O8S2+. The maximum Gasteiger partial charge on any atom is 0.354 e. The molecule has 344 valence electrons. The van der Waals surface area contributed by atoms with Crippen LogP contribution in [0, 0.1) is 17.1 Å². The summed E-state index contributed by atoms with van der Waals surface area (Å²) < 4.78 is 64.3. The van der Waals surface area contributed by atoms with Crippen LogP contribution in [0.4, 0.5) is 19.7 Å². The van der Waals surface area contributed by atoms with E-state index in [1.54, 1.807) is 44.7 Å². The smallest absolute Gasteiger partial charge is 0.354 e. The summed E-state index contributed by atoms with van der Waals surface area (Å²) in [6.07, 6.45) is 4.58. The molecule has 0 saturated carbocycles. The van der Waals surface area contributed by atoms with E-state index >= 15 is 4.39 Å². The number of quaternary nitrogens is 1. The molecule has 1 spiro atoms. The van der Waals surface area contributed by atoms with Crippen LogP contribution < -0.4 is 19.5 Å². The van der Waals surface area contributed by atoms with Gasteiger partial charge in [0, 0.05) is 50.8 Å². The molecule has 4 unspecified atom stereocenters. The lowest BCUT2D eigenvalue weighted by Gasteiger charge is -2.40. The molecule has 65 heavy (non-hydrogen) atoms. The number of carbonyl (C=O) groups is 4. The molecule has 20 heteroatoms. The molecule has 0 aliphatic carbocycles. The molecule has 8 rings (SSSR count). The first-order chi connectivity index (χ1) is 31.2. The molecule has 4 fully saturated rings. The summed E-state index contributed by atoms with van der Waals surface area (Å²) >= 11 is -1.55. The number of rotatable bonds is 13. The van der Waals surface area contributed by atoms with Gasteiger partial charge in [0.1, 0.15) is 41.3 Å². The quantitative estimate of drug-likeness (QED) is 0.154. The van der Waals surface area contributed by atoms with Gasteiger partial charge in [-0.25, -0.2) is 27.2 Å². The highest BCUT2D eigenvalue weighted by molar-refractivity contribution is 7.94. The number of nitrogens with zero attached hydrogens (tertiary/aromatic N) is 6. The Morgan fingerprint density at radius 3 is 2.57 bits per heavy atom. The van der Waals surface area contributed by atoms with Crippen molar-refractivity contribution >= 4 is 64.7 Å². The second-order valence-corrected chi connectivity index (χ2v) is 19.2. The van der Waals surface area contributed by atoms with Gasteiger partial charge < -0.3 is 19.1 Å². The Kier molecular flexibility index (Phi) is 13.7. The van der Waals surface area contributed by atoms with Gasteiger partial charge in [0.05, 0.1) is 42.7 Å². The van der Waals surface area contributed by atoms with Crippen molar-refractivity contribution in [2.75, 3.05) is 64.7 Å². The molecule has 16 nitrogen and oxygen atoms in total. The number of carbonyl (C=O) groups excluding carboxylic acids is 4. The monoisotopic (exact) mass is 933 g/mol. The second kappa shape index (κ2) is 19.3. The molecule has 0 bridgehead atoms. The Hall–Kier alpha value is -5.30. The first-order valence-corrected chi connectivity index (χ1v) is 23.5. The number of likely N-dealkylation sites (tertiary alicyclic amines) is 2. The number of nitrogens with one attached hydrogen (secondary N) is 2. The molecule has 5 aliphatic heterocycles. The van der Waals surface area contributed by atoms with Crippen molar-refractivity contribution in [3.8, 4) is 23.3 Å². The Bertz CT molecular complexity index is 2470. The van der Waals surface area contributed by atoms with Crippen LogP contribution in [0.3, 0.4) is 0 Å². The Labute approximate surface area is 382 Å². The van der Waals surface area contributed by atoms with Gasteiger partial charge in [0.25, 0.3) is 5.91 Å². The lowest BCUT2D eigenvalue weighted by Crippen LogP contribution is -2.57. The minimum Gasteiger partial charge on any atom is -0.481 e. The van der Waals surface area contributed by atoms with Crippen molar-refractivity contribution in [1.29, 1.82) is 5.26 Å². The maximum atomic E-state index is 15.2. The number of piperidine rings is 3. The zero-order valence-corrected chi connectivity index (χ0v) is 38.0. The van der Waals surface area contributed by atoms with Gasteiger partial charge in [-0.2, -0.15) is 9.15 Å². The first-order valence-electron chi connectivity index (χ1n) is 21.7. The van der Waals surface area contributed by atoms with Gasteiger partial charge in [-0.15, -0.1) is 0 Å². The highest BCUT2D eigenvalue weighted by atomic mass is 32.2. The predicted octanol–water partition coefficient (Wildman–Crippen LogP) is 5.88. The molecule has 5 heterocycles. The zero-order chi connectivity index (χ0) is 46.0. The number of hydrogen-bond acceptors (Lipinski definition) is 12. The molecule has 0 radical (unpaired) electrons. The minimum absolute atomic E-state index is 0.0404. The minimum atomic E-state index is -1.69. The fourth-order valence-electron chi connectivity index (χ4n) is 9.19. The lowest BCUT2D eigenvalue weighted by molar-refractivity contribution is -0.756. The molecule has 3 aromatic carbocycles. The van der Waals surface area contributed by atoms with E-state index in [4.69, 9.17) is 14.2 Å². The van der Waals surface area contributed by atoms with E-state index in [1.807, 2.05) is 24.0 Å². The predicted molar refractivity (Wildman–Crippen MR) is 238 cm³/mol. The fraction of sp³-hybridized carbons (Fsp3) is 0.467. The number of fused-ring (bicyclic) bond motifs is 1. The average molecular weight is 934 g/mol. The summed E-state index contributed by atoms with van der Waals surface area (Å²) in [6.45, 7) is 5.26. The zero-order valence-electron chi connectivity index (χ0n) is 36.3. The van der Waals surface area contributed by atoms with E-state index in [-0.39, 0.29) is 94.0 Å². The van der Waals surface area contributed by atoms with E-state index in [0.717, 1.165) is 24.5 Å². The van der Waals surface area contributed by atoms with Crippen LogP contribution in [0.15, 0.2) is 58.4 Å². The van der Waals surface area contributed by atoms with Gasteiger partial charge in [0.2, 0.25) is 11.8 Å². The van der Waals surface area contributed by atoms with E-state index < -0.39 is 34.6 Å². The molecule has 0 aromatic heterocycles. The number of aliphatic imine (C=N–C) groups is 1. The topological polar surface area (TPSA) is 183 Å². The van der Waals surface area contributed by atoms with Crippen LogP contribution >= 0.6 is 12.1 Å². The van der Waals surface area contributed by atoms with E-state index in [2.05, 4.69) is 19.9 Å². The fourth-order valence-corrected chi connectivity index (χ4v) is 10.4. The third-order valence-corrected chi connectivity index (χ3v) is 15.1. The average Bonchev–Trinajstić information content (AvgIpc) is 3.73. The van der Waals surface area contributed by atoms with E-state index in [9.17, 15) is 32.5 Å². The molecule has 2 N–H and O–H groups in total. The molecule has 4 saturated heterocycles. The summed E-state index contributed by atoms with van der Waals surface area (Å²) in [6, 6.07) is 13.9. The van der Waals surface area contributed by atoms with E-state index in [1.165, 1.54) is 16.4 Å². The van der Waals surface area contributed by atoms with Gasteiger partial charge in [0.15, 0.2) is 35.2 Å². The highest BCUT2D eigenvalue weighted by Gasteiger charge is 2.53. The number of hydrogen-bond donors (Lipinski definition) is 2. The lowest BCUT2D eigenvalue weighted by atomic mass is 9.86. The van der Waals surface area contributed by atoms with Crippen LogP contribution in [0.1, 0.15) is 79.3 Å². The van der Waals surface area contributed by atoms with Crippen molar-refractivity contribution in [3.63, 3.8) is 0 Å². The number of imide groups is 1. The van der Waals surface area contributed by atoms with Crippen molar-refractivity contribution in [3.05, 3.63) is 71.0 Å².